The molecular weight excluding hydrogens is 306 g/mol. The Balaban J connectivity index is 2.34. The smallest absolute Gasteiger partial charge is 0.335 e. The standard InChI is InChI=1S/C15H11NO7/c17-11-2-1-7(6-12(11)18)13(19)16-10-4-8(14(20)21)3-9(5-10)15(22)23/h1-6,17-18H,(H,16,19)(H,20,21)(H,22,23). The number of nitrogens with one attached hydrogen (secondary N) is 1. The molecule has 0 atom stereocenters. The molecule has 0 saturated carbocycles. The van der Waals surface area contributed by atoms with Crippen molar-refractivity contribution in [2.75, 3.05) is 5.32 Å². The van der Waals surface area contributed by atoms with E-state index in [0.29, 0.717) is 0 Å². The zero-order valence-corrected chi connectivity index (χ0v) is 11.5. The van der Waals surface area contributed by atoms with Crippen molar-refractivity contribution >= 4 is 23.5 Å². The van der Waals surface area contributed by atoms with E-state index in [1.807, 2.05) is 0 Å². The highest BCUT2D eigenvalue weighted by atomic mass is 16.4. The van der Waals surface area contributed by atoms with E-state index in [2.05, 4.69) is 5.32 Å². The first-order valence-corrected chi connectivity index (χ1v) is 6.23. The molecule has 8 heteroatoms. The molecule has 0 aliphatic heterocycles. The summed E-state index contributed by atoms with van der Waals surface area (Å²) in [6.45, 7) is 0. The number of phenols is 2. The van der Waals surface area contributed by atoms with Crippen LogP contribution in [0.4, 0.5) is 5.69 Å². The first kappa shape index (κ1) is 15.8. The Morgan fingerprint density at radius 3 is 1.78 bits per heavy atom. The van der Waals surface area contributed by atoms with Gasteiger partial charge < -0.3 is 25.7 Å². The number of rotatable bonds is 4. The van der Waals surface area contributed by atoms with Crippen molar-refractivity contribution in [3.63, 3.8) is 0 Å². The third kappa shape index (κ3) is 3.56. The molecule has 2 aromatic rings. The van der Waals surface area contributed by atoms with Gasteiger partial charge in [-0.1, -0.05) is 0 Å². The topological polar surface area (TPSA) is 144 Å². The van der Waals surface area contributed by atoms with Gasteiger partial charge in [0.1, 0.15) is 0 Å². The molecule has 118 valence electrons. The van der Waals surface area contributed by atoms with Crippen molar-refractivity contribution in [2.45, 2.75) is 0 Å². The molecule has 0 radical (unpaired) electrons. The number of aromatic carboxylic acids is 2. The summed E-state index contributed by atoms with van der Waals surface area (Å²) in [5.74, 6) is -4.29. The predicted molar refractivity (Wildman–Crippen MR) is 78.1 cm³/mol. The first-order valence-electron chi connectivity index (χ1n) is 6.23. The van der Waals surface area contributed by atoms with E-state index in [1.54, 1.807) is 0 Å². The van der Waals surface area contributed by atoms with E-state index in [0.717, 1.165) is 30.3 Å². The van der Waals surface area contributed by atoms with Gasteiger partial charge in [0.05, 0.1) is 11.1 Å². The lowest BCUT2D eigenvalue weighted by Crippen LogP contribution is -2.13. The van der Waals surface area contributed by atoms with Gasteiger partial charge in [-0.05, 0) is 36.4 Å². The number of benzene rings is 2. The summed E-state index contributed by atoms with van der Waals surface area (Å²) in [5, 5.41) is 38.8. The van der Waals surface area contributed by atoms with Gasteiger partial charge in [-0.2, -0.15) is 0 Å². The van der Waals surface area contributed by atoms with Gasteiger partial charge in [-0.15, -0.1) is 0 Å². The van der Waals surface area contributed by atoms with Gasteiger partial charge in [-0.3, -0.25) is 4.79 Å². The molecule has 2 aromatic carbocycles. The Kier molecular flexibility index (Phi) is 4.17. The number of amides is 1. The number of phenolic OH excluding ortho intramolecular Hbond substituents is 2. The quantitative estimate of drug-likeness (QED) is 0.540. The summed E-state index contributed by atoms with van der Waals surface area (Å²) in [4.78, 5) is 34.0. The second-order valence-electron chi connectivity index (χ2n) is 4.57. The van der Waals surface area contributed by atoms with Crippen LogP contribution in [0.2, 0.25) is 0 Å². The average Bonchev–Trinajstić information content (AvgIpc) is 2.49. The normalized spacial score (nSPS) is 10.1. The van der Waals surface area contributed by atoms with E-state index in [-0.39, 0.29) is 22.4 Å². The van der Waals surface area contributed by atoms with Crippen LogP contribution in [-0.4, -0.2) is 38.3 Å². The van der Waals surface area contributed by atoms with Crippen molar-refractivity contribution < 1.29 is 34.8 Å². The van der Waals surface area contributed by atoms with Gasteiger partial charge in [-0.25, -0.2) is 9.59 Å². The molecule has 0 fully saturated rings. The number of carbonyl (C=O) groups is 3. The van der Waals surface area contributed by atoms with E-state index in [9.17, 15) is 24.6 Å². The summed E-state index contributed by atoms with van der Waals surface area (Å²) in [6.07, 6.45) is 0. The number of hydrogen-bond donors (Lipinski definition) is 5. The van der Waals surface area contributed by atoms with Crippen LogP contribution < -0.4 is 5.32 Å². The van der Waals surface area contributed by atoms with Crippen LogP contribution in [0.3, 0.4) is 0 Å². The van der Waals surface area contributed by atoms with E-state index in [1.165, 1.54) is 6.07 Å². The van der Waals surface area contributed by atoms with Gasteiger partial charge in [0.15, 0.2) is 11.5 Å². The van der Waals surface area contributed by atoms with Gasteiger partial charge in [0.25, 0.3) is 5.91 Å². The molecule has 0 saturated heterocycles. The number of carbonyl (C=O) groups excluding carboxylic acids is 1. The second-order valence-corrected chi connectivity index (χ2v) is 4.57. The monoisotopic (exact) mass is 317 g/mol. The van der Waals surface area contributed by atoms with Crippen molar-refractivity contribution in [1.29, 1.82) is 0 Å². The maximum atomic E-state index is 12.0. The van der Waals surface area contributed by atoms with Crippen LogP contribution >= 0.6 is 0 Å². The fourth-order valence-electron chi connectivity index (χ4n) is 1.81. The second kappa shape index (κ2) is 6.06. The van der Waals surface area contributed by atoms with Crippen molar-refractivity contribution in [2.24, 2.45) is 0 Å². The molecule has 0 aromatic heterocycles. The summed E-state index contributed by atoms with van der Waals surface area (Å²) in [6, 6.07) is 6.54. The Morgan fingerprint density at radius 2 is 1.30 bits per heavy atom. The number of hydrogen-bond acceptors (Lipinski definition) is 5. The highest BCUT2D eigenvalue weighted by Gasteiger charge is 2.14. The lowest BCUT2D eigenvalue weighted by Gasteiger charge is -2.08. The summed E-state index contributed by atoms with van der Waals surface area (Å²) in [5.41, 5.74) is -0.625. The minimum atomic E-state index is -1.34. The minimum absolute atomic E-state index is 0.00194. The Labute approximate surface area is 129 Å². The molecule has 5 N–H and O–H groups in total. The van der Waals surface area contributed by atoms with E-state index < -0.39 is 29.3 Å². The predicted octanol–water partition coefficient (Wildman–Crippen LogP) is 1.75. The lowest BCUT2D eigenvalue weighted by atomic mass is 10.1. The number of aromatic hydroxyl groups is 2. The Bertz CT molecular complexity index is 781. The SMILES string of the molecule is O=C(O)c1cc(NC(=O)c2ccc(O)c(O)c2)cc(C(=O)O)c1. The van der Waals surface area contributed by atoms with Crippen LogP contribution in [0.5, 0.6) is 11.5 Å². The molecule has 0 aliphatic carbocycles. The van der Waals surface area contributed by atoms with Crippen molar-refractivity contribution in [3.8, 4) is 11.5 Å². The van der Waals surface area contributed by atoms with Crippen molar-refractivity contribution in [3.05, 3.63) is 53.1 Å². The van der Waals surface area contributed by atoms with Crippen LogP contribution in [0.1, 0.15) is 31.1 Å². The summed E-state index contributed by atoms with van der Waals surface area (Å²) < 4.78 is 0. The Hall–Kier alpha value is -3.55. The zero-order valence-electron chi connectivity index (χ0n) is 11.5. The molecular formula is C15H11NO7. The molecule has 1 amide bonds. The minimum Gasteiger partial charge on any atom is -0.504 e. The average molecular weight is 317 g/mol. The molecule has 23 heavy (non-hydrogen) atoms. The molecule has 0 spiro atoms. The van der Waals surface area contributed by atoms with E-state index >= 15 is 0 Å². The van der Waals surface area contributed by atoms with Crippen LogP contribution in [0.15, 0.2) is 36.4 Å². The highest BCUT2D eigenvalue weighted by Crippen LogP contribution is 2.25. The molecule has 0 heterocycles. The van der Waals surface area contributed by atoms with E-state index in [4.69, 9.17) is 10.2 Å². The summed E-state index contributed by atoms with van der Waals surface area (Å²) in [7, 11) is 0. The Morgan fingerprint density at radius 1 is 0.739 bits per heavy atom. The first-order chi connectivity index (χ1) is 10.8. The maximum absolute atomic E-state index is 12.0. The summed E-state index contributed by atoms with van der Waals surface area (Å²) >= 11 is 0. The number of carboxylic acids is 2. The van der Waals surface area contributed by atoms with Gasteiger partial charge in [0, 0.05) is 11.3 Å². The molecule has 0 aliphatic rings. The molecule has 0 bridgehead atoms. The molecule has 2 rings (SSSR count). The third-order valence-electron chi connectivity index (χ3n) is 2.92. The van der Waals surface area contributed by atoms with Crippen LogP contribution in [0, 0.1) is 0 Å². The lowest BCUT2D eigenvalue weighted by molar-refractivity contribution is 0.0696. The van der Waals surface area contributed by atoms with Crippen LogP contribution in [0.25, 0.3) is 0 Å². The maximum Gasteiger partial charge on any atom is 0.335 e. The molecule has 0 unspecified atom stereocenters. The largest absolute Gasteiger partial charge is 0.504 e. The number of anilines is 1. The third-order valence-corrected chi connectivity index (χ3v) is 2.92. The fraction of sp³-hybridized carbons (Fsp3) is 0. The van der Waals surface area contributed by atoms with Gasteiger partial charge >= 0.3 is 11.9 Å². The number of carboxylic acid groups (broad SMARTS) is 2. The van der Waals surface area contributed by atoms with Gasteiger partial charge in [0.2, 0.25) is 0 Å². The molecule has 8 nitrogen and oxygen atoms in total. The highest BCUT2D eigenvalue weighted by molar-refractivity contribution is 6.06. The zero-order chi connectivity index (χ0) is 17.1. The fourth-order valence-corrected chi connectivity index (χ4v) is 1.81. The van der Waals surface area contributed by atoms with Crippen LogP contribution in [-0.2, 0) is 0 Å². The van der Waals surface area contributed by atoms with Crippen molar-refractivity contribution in [1.82, 2.24) is 0 Å².